The molecule has 7 nitrogen and oxygen atoms in total. The number of halogens is 2. The summed E-state index contributed by atoms with van der Waals surface area (Å²) in [6.07, 6.45) is 3.11. The minimum atomic E-state index is -2.98. The van der Waals surface area contributed by atoms with Gasteiger partial charge in [0, 0.05) is 24.0 Å². The molecule has 22 heavy (non-hydrogen) atoms. The van der Waals surface area contributed by atoms with Crippen LogP contribution in [0.25, 0.3) is 16.9 Å². The Labute approximate surface area is 123 Å². The molecule has 2 N–H and O–H groups in total. The summed E-state index contributed by atoms with van der Waals surface area (Å²) in [7, 11) is 1.32. The predicted molar refractivity (Wildman–Crippen MR) is 73.8 cm³/mol. The molecule has 0 atom stereocenters. The summed E-state index contributed by atoms with van der Waals surface area (Å²) in [4.78, 5) is 8.28. The maximum Gasteiger partial charge on any atom is 0.387 e. The largest absolute Gasteiger partial charge is 0.478 e. The van der Waals surface area contributed by atoms with Crippen LogP contribution in [0.3, 0.4) is 0 Å². The molecule has 3 aromatic rings. The zero-order chi connectivity index (χ0) is 15.7. The van der Waals surface area contributed by atoms with Gasteiger partial charge in [-0.25, -0.2) is 14.5 Å². The third-order valence-corrected chi connectivity index (χ3v) is 2.87. The van der Waals surface area contributed by atoms with Gasteiger partial charge in [0.25, 0.3) is 5.88 Å². The van der Waals surface area contributed by atoms with Gasteiger partial charge in [0.1, 0.15) is 5.82 Å². The van der Waals surface area contributed by atoms with Gasteiger partial charge in [-0.15, -0.1) is 5.10 Å². The molecule has 0 aliphatic carbocycles. The van der Waals surface area contributed by atoms with E-state index in [1.165, 1.54) is 23.9 Å². The summed E-state index contributed by atoms with van der Waals surface area (Å²) in [5.41, 5.74) is 7.14. The van der Waals surface area contributed by atoms with Gasteiger partial charge in [-0.1, -0.05) is 0 Å². The molecule has 0 unspecified atom stereocenters. The minimum absolute atomic E-state index is 0.0290. The van der Waals surface area contributed by atoms with E-state index in [4.69, 9.17) is 10.5 Å². The van der Waals surface area contributed by atoms with Gasteiger partial charge < -0.3 is 15.2 Å². The van der Waals surface area contributed by atoms with Crippen molar-refractivity contribution in [1.82, 2.24) is 19.6 Å². The molecule has 3 heterocycles. The summed E-state index contributed by atoms with van der Waals surface area (Å²) in [6.45, 7) is -2.98. The molecule has 0 fully saturated rings. The molecule has 3 aromatic heterocycles. The molecule has 0 saturated heterocycles. The number of nitrogens with two attached hydrogens (primary N) is 1. The first-order valence-electron chi connectivity index (χ1n) is 6.18. The second kappa shape index (κ2) is 5.43. The number of pyridine rings is 1. The average Bonchev–Trinajstić information content (AvgIpc) is 2.85. The highest BCUT2D eigenvalue weighted by molar-refractivity contribution is 5.64. The van der Waals surface area contributed by atoms with E-state index in [2.05, 4.69) is 19.8 Å². The summed E-state index contributed by atoms with van der Waals surface area (Å²) in [5, 5.41) is 4.00. The first kappa shape index (κ1) is 14.0. The van der Waals surface area contributed by atoms with Crippen molar-refractivity contribution in [1.29, 1.82) is 0 Å². The number of anilines is 1. The van der Waals surface area contributed by atoms with Crippen LogP contribution >= 0.6 is 0 Å². The van der Waals surface area contributed by atoms with E-state index in [1.54, 1.807) is 18.3 Å². The van der Waals surface area contributed by atoms with Crippen LogP contribution in [0.5, 0.6) is 11.6 Å². The summed E-state index contributed by atoms with van der Waals surface area (Å²) in [5.74, 6) is 0.141. The van der Waals surface area contributed by atoms with Crippen molar-refractivity contribution >= 4 is 11.5 Å². The molecule has 9 heteroatoms. The normalized spacial score (nSPS) is 11.1. The monoisotopic (exact) mass is 307 g/mol. The molecular formula is C13H11F2N5O2. The Morgan fingerprint density at radius 1 is 1.32 bits per heavy atom. The Morgan fingerprint density at radius 2 is 2.14 bits per heavy atom. The Hall–Kier alpha value is -2.97. The minimum Gasteiger partial charge on any atom is -0.478 e. The average molecular weight is 307 g/mol. The lowest BCUT2D eigenvalue weighted by molar-refractivity contribution is -0.0515. The number of ether oxygens (including phenoxy) is 2. The third kappa shape index (κ3) is 2.60. The fourth-order valence-electron chi connectivity index (χ4n) is 1.96. The number of alkyl halides is 2. The lowest BCUT2D eigenvalue weighted by Crippen LogP contribution is -2.05. The maximum absolute atomic E-state index is 12.4. The molecule has 0 radical (unpaired) electrons. The van der Waals surface area contributed by atoms with Gasteiger partial charge in [0.05, 0.1) is 12.8 Å². The first-order chi connectivity index (χ1) is 10.6. The molecule has 0 spiro atoms. The number of methoxy groups -OCH3 is 1. The first-order valence-corrected chi connectivity index (χ1v) is 6.18. The highest BCUT2D eigenvalue weighted by Gasteiger charge is 2.14. The number of fused-ring (bicyclic) bond motifs is 1. The van der Waals surface area contributed by atoms with Crippen LogP contribution < -0.4 is 15.2 Å². The molecular weight excluding hydrogens is 296 g/mol. The Balaban J connectivity index is 2.05. The van der Waals surface area contributed by atoms with Crippen molar-refractivity contribution in [3.63, 3.8) is 0 Å². The number of aromatic nitrogens is 4. The number of hydrogen-bond acceptors (Lipinski definition) is 6. The lowest BCUT2D eigenvalue weighted by Gasteiger charge is -2.10. The van der Waals surface area contributed by atoms with Crippen molar-refractivity contribution in [2.24, 2.45) is 0 Å². The second-order valence-electron chi connectivity index (χ2n) is 4.29. The molecule has 0 amide bonds. The predicted octanol–water partition coefficient (Wildman–Crippen LogP) is 1.98. The van der Waals surface area contributed by atoms with Crippen LogP contribution in [0.1, 0.15) is 0 Å². The van der Waals surface area contributed by atoms with E-state index in [1.807, 2.05) is 0 Å². The molecule has 0 aliphatic rings. The van der Waals surface area contributed by atoms with E-state index in [-0.39, 0.29) is 11.6 Å². The van der Waals surface area contributed by atoms with E-state index in [0.29, 0.717) is 22.7 Å². The molecule has 0 bridgehead atoms. The van der Waals surface area contributed by atoms with Crippen molar-refractivity contribution in [2.45, 2.75) is 6.61 Å². The van der Waals surface area contributed by atoms with Crippen molar-refractivity contribution in [2.75, 3.05) is 12.8 Å². The van der Waals surface area contributed by atoms with Crippen LogP contribution in [0.4, 0.5) is 14.6 Å². The molecule has 3 rings (SSSR count). The highest BCUT2D eigenvalue weighted by atomic mass is 19.3. The summed E-state index contributed by atoms with van der Waals surface area (Å²) >= 11 is 0. The van der Waals surface area contributed by atoms with Gasteiger partial charge in [0.2, 0.25) is 0 Å². The van der Waals surface area contributed by atoms with Gasteiger partial charge in [-0.2, -0.15) is 8.78 Å². The van der Waals surface area contributed by atoms with Crippen LogP contribution in [-0.2, 0) is 0 Å². The number of hydrogen-bond donors (Lipinski definition) is 1. The van der Waals surface area contributed by atoms with E-state index < -0.39 is 6.61 Å². The Kier molecular flexibility index (Phi) is 3.45. The van der Waals surface area contributed by atoms with E-state index in [9.17, 15) is 8.78 Å². The third-order valence-electron chi connectivity index (χ3n) is 2.87. The van der Waals surface area contributed by atoms with Gasteiger partial charge in [-0.05, 0) is 12.1 Å². The molecule has 0 aliphatic heterocycles. The maximum atomic E-state index is 12.4. The van der Waals surface area contributed by atoms with E-state index in [0.717, 1.165) is 0 Å². The number of rotatable bonds is 4. The summed E-state index contributed by atoms with van der Waals surface area (Å²) < 4.78 is 35.7. The van der Waals surface area contributed by atoms with Crippen LogP contribution in [-0.4, -0.2) is 33.3 Å². The fourth-order valence-corrected chi connectivity index (χ4v) is 1.96. The fraction of sp³-hybridized carbons (Fsp3) is 0.154. The number of nitrogen functional groups attached to an aromatic ring is 1. The van der Waals surface area contributed by atoms with Crippen molar-refractivity contribution in [3.05, 3.63) is 30.6 Å². The Morgan fingerprint density at radius 3 is 2.86 bits per heavy atom. The molecule has 0 saturated carbocycles. The summed E-state index contributed by atoms with van der Waals surface area (Å²) in [6, 6.07) is 4.64. The molecule has 0 aromatic carbocycles. The van der Waals surface area contributed by atoms with Gasteiger partial charge >= 0.3 is 6.61 Å². The second-order valence-corrected chi connectivity index (χ2v) is 4.29. The Bertz CT molecular complexity index is 821. The van der Waals surface area contributed by atoms with Crippen molar-refractivity contribution < 1.29 is 18.3 Å². The SMILES string of the molecule is COc1ncc(-c2ccn3nc(N)cc3n2)cc1OC(F)F. The topological polar surface area (TPSA) is 87.6 Å². The zero-order valence-corrected chi connectivity index (χ0v) is 11.4. The smallest absolute Gasteiger partial charge is 0.387 e. The zero-order valence-electron chi connectivity index (χ0n) is 11.4. The van der Waals surface area contributed by atoms with Crippen LogP contribution in [0.15, 0.2) is 30.6 Å². The quantitative estimate of drug-likeness (QED) is 0.793. The van der Waals surface area contributed by atoms with Gasteiger partial charge in [-0.3, -0.25) is 0 Å². The van der Waals surface area contributed by atoms with Crippen LogP contribution in [0, 0.1) is 0 Å². The molecule has 114 valence electrons. The lowest BCUT2D eigenvalue weighted by atomic mass is 10.2. The van der Waals surface area contributed by atoms with E-state index >= 15 is 0 Å². The number of nitrogens with zero attached hydrogens (tertiary/aromatic N) is 4. The van der Waals surface area contributed by atoms with Crippen molar-refractivity contribution in [3.8, 4) is 22.9 Å². The van der Waals surface area contributed by atoms with Gasteiger partial charge in [0.15, 0.2) is 11.4 Å². The highest BCUT2D eigenvalue weighted by Crippen LogP contribution is 2.30. The standard InChI is InChI=1S/C13H11F2N5O2/c1-21-12-9(22-13(14)15)4-7(6-17-12)8-2-3-20-11(18-8)5-10(16)19-20/h2-6,13H,1H3,(H2,16,19). The van der Waals surface area contributed by atoms with Crippen LogP contribution in [0.2, 0.25) is 0 Å².